The molecule has 1 heterocycles. The van der Waals surface area contributed by atoms with Crippen LogP contribution in [0.5, 0.6) is 5.75 Å². The largest absolute Gasteiger partial charge is 0.507 e. The first-order valence-corrected chi connectivity index (χ1v) is 8.47. The highest BCUT2D eigenvalue weighted by molar-refractivity contribution is 7.71. The minimum Gasteiger partial charge on any atom is -0.507 e. The third kappa shape index (κ3) is 2.60. The van der Waals surface area contributed by atoms with E-state index in [2.05, 4.69) is 10.2 Å². The number of carbonyl (C=O) groups excluding carboxylic acids is 1. The van der Waals surface area contributed by atoms with E-state index < -0.39 is 0 Å². The number of Topliss-reactive ketones (excluding diaryl/α,β-unsaturated/α-hetero) is 1. The van der Waals surface area contributed by atoms with Gasteiger partial charge in [-0.3, -0.25) is 14.5 Å². The van der Waals surface area contributed by atoms with Gasteiger partial charge in [0, 0.05) is 10.9 Å². The number of benzene rings is 3. The van der Waals surface area contributed by atoms with Crippen molar-refractivity contribution in [1.29, 1.82) is 0 Å². The summed E-state index contributed by atoms with van der Waals surface area (Å²) in [6, 6.07) is 18.7. The van der Waals surface area contributed by atoms with Gasteiger partial charge in [0.25, 0.3) is 0 Å². The number of hydrogen-bond donors (Lipinski definition) is 2. The maximum absolute atomic E-state index is 11.5. The van der Waals surface area contributed by atoms with Gasteiger partial charge in [-0.15, -0.1) is 0 Å². The maximum Gasteiger partial charge on any atom is 0.200 e. The topological polar surface area (TPSA) is 70.9 Å². The molecular formula is C20H15N3O2S. The summed E-state index contributed by atoms with van der Waals surface area (Å²) < 4.78 is 2.21. The average Bonchev–Trinajstić information content (AvgIpc) is 3.02. The van der Waals surface area contributed by atoms with E-state index in [9.17, 15) is 9.90 Å². The number of aromatic nitrogens is 3. The molecule has 0 radical (unpaired) electrons. The number of H-pyrrole nitrogens is 1. The lowest BCUT2D eigenvalue weighted by atomic mass is 10.1. The van der Waals surface area contributed by atoms with E-state index in [4.69, 9.17) is 12.2 Å². The number of ketones is 1. The van der Waals surface area contributed by atoms with Gasteiger partial charge in [0.15, 0.2) is 16.4 Å². The fraction of sp³-hybridized carbons (Fsp3) is 0.0500. The number of phenols is 1. The fourth-order valence-corrected chi connectivity index (χ4v) is 3.27. The Morgan fingerprint density at radius 2 is 1.88 bits per heavy atom. The van der Waals surface area contributed by atoms with Gasteiger partial charge in [0.1, 0.15) is 5.75 Å². The number of aromatic amines is 1. The number of nitrogens with zero attached hydrogens (tertiary/aromatic N) is 2. The molecule has 5 nitrogen and oxygen atoms in total. The zero-order valence-corrected chi connectivity index (χ0v) is 14.7. The van der Waals surface area contributed by atoms with Crippen molar-refractivity contribution in [2.75, 3.05) is 0 Å². The van der Waals surface area contributed by atoms with E-state index in [1.165, 1.54) is 13.0 Å². The molecule has 0 unspecified atom stereocenters. The summed E-state index contributed by atoms with van der Waals surface area (Å²) in [6.07, 6.45) is 0. The second-order valence-electron chi connectivity index (χ2n) is 5.97. The number of carbonyl (C=O) groups is 1. The second-order valence-corrected chi connectivity index (χ2v) is 6.36. The first kappa shape index (κ1) is 16.2. The van der Waals surface area contributed by atoms with E-state index in [0.29, 0.717) is 21.7 Å². The lowest BCUT2D eigenvalue weighted by Gasteiger charge is -2.11. The van der Waals surface area contributed by atoms with Gasteiger partial charge in [0.05, 0.1) is 11.3 Å². The SMILES string of the molecule is CC(=O)c1ccc(-c2n[nH]c(=S)n2-c2cccc3ccccc23)c(O)c1. The third-order valence-electron chi connectivity index (χ3n) is 4.33. The molecular weight excluding hydrogens is 346 g/mol. The van der Waals surface area contributed by atoms with Gasteiger partial charge in [0.2, 0.25) is 0 Å². The number of rotatable bonds is 3. The number of hydrogen-bond acceptors (Lipinski definition) is 4. The van der Waals surface area contributed by atoms with E-state index in [1.54, 1.807) is 16.7 Å². The van der Waals surface area contributed by atoms with E-state index in [1.807, 2.05) is 42.5 Å². The van der Waals surface area contributed by atoms with Crippen LogP contribution in [0.25, 0.3) is 27.8 Å². The molecule has 0 saturated carbocycles. The summed E-state index contributed by atoms with van der Waals surface area (Å²) in [5.41, 5.74) is 1.80. The molecule has 4 rings (SSSR count). The molecule has 0 saturated heterocycles. The van der Waals surface area contributed by atoms with Gasteiger partial charge in [-0.25, -0.2) is 0 Å². The van der Waals surface area contributed by atoms with Crippen molar-refractivity contribution in [3.8, 4) is 22.8 Å². The molecule has 0 fully saturated rings. The summed E-state index contributed by atoms with van der Waals surface area (Å²) in [5.74, 6) is 0.354. The molecule has 128 valence electrons. The van der Waals surface area contributed by atoms with Gasteiger partial charge in [-0.1, -0.05) is 42.5 Å². The number of fused-ring (bicyclic) bond motifs is 1. The molecule has 6 heteroatoms. The summed E-state index contributed by atoms with van der Waals surface area (Å²) in [4.78, 5) is 11.5. The molecule has 0 bridgehead atoms. The van der Waals surface area contributed by atoms with Gasteiger partial charge >= 0.3 is 0 Å². The Morgan fingerprint density at radius 1 is 1.12 bits per heavy atom. The minimum absolute atomic E-state index is 0.0202. The van der Waals surface area contributed by atoms with Crippen molar-refractivity contribution in [3.05, 3.63) is 71.0 Å². The average molecular weight is 361 g/mol. The molecule has 0 aliphatic rings. The van der Waals surface area contributed by atoms with Crippen LogP contribution in [0.4, 0.5) is 0 Å². The highest BCUT2D eigenvalue weighted by Crippen LogP contribution is 2.32. The Hall–Kier alpha value is -3.25. The first-order chi connectivity index (χ1) is 12.6. The molecule has 4 aromatic rings. The van der Waals surface area contributed by atoms with Crippen LogP contribution in [0.15, 0.2) is 60.7 Å². The van der Waals surface area contributed by atoms with Crippen LogP contribution in [0.1, 0.15) is 17.3 Å². The van der Waals surface area contributed by atoms with Gasteiger partial charge < -0.3 is 5.11 Å². The van der Waals surface area contributed by atoms with Gasteiger partial charge in [-0.2, -0.15) is 5.10 Å². The highest BCUT2D eigenvalue weighted by Gasteiger charge is 2.17. The zero-order valence-electron chi connectivity index (χ0n) is 13.9. The smallest absolute Gasteiger partial charge is 0.200 e. The molecule has 3 aromatic carbocycles. The summed E-state index contributed by atoms with van der Waals surface area (Å²) >= 11 is 5.44. The number of aromatic hydroxyl groups is 1. The summed E-state index contributed by atoms with van der Waals surface area (Å²) in [6.45, 7) is 1.46. The summed E-state index contributed by atoms with van der Waals surface area (Å²) in [7, 11) is 0. The second kappa shape index (κ2) is 6.24. The van der Waals surface area contributed by atoms with Crippen LogP contribution in [0.3, 0.4) is 0 Å². The molecule has 26 heavy (non-hydrogen) atoms. The summed E-state index contributed by atoms with van der Waals surface area (Å²) in [5, 5.41) is 19.6. The molecule has 0 aliphatic carbocycles. The number of nitrogens with one attached hydrogen (secondary N) is 1. The Balaban J connectivity index is 1.98. The fourth-order valence-electron chi connectivity index (χ4n) is 3.04. The predicted molar refractivity (Wildman–Crippen MR) is 103 cm³/mol. The quantitative estimate of drug-likeness (QED) is 0.411. The lowest BCUT2D eigenvalue weighted by molar-refractivity contribution is 0.101. The molecule has 1 aromatic heterocycles. The third-order valence-corrected chi connectivity index (χ3v) is 4.60. The molecule has 0 spiro atoms. The van der Waals surface area contributed by atoms with Crippen molar-refractivity contribution in [2.45, 2.75) is 6.92 Å². The van der Waals surface area contributed by atoms with Crippen LogP contribution < -0.4 is 0 Å². The van der Waals surface area contributed by atoms with Crippen molar-refractivity contribution in [1.82, 2.24) is 14.8 Å². The van der Waals surface area contributed by atoms with Crippen LogP contribution in [-0.4, -0.2) is 25.7 Å². The Morgan fingerprint density at radius 3 is 2.65 bits per heavy atom. The van der Waals surface area contributed by atoms with E-state index >= 15 is 0 Å². The number of phenolic OH excluding ortho intramolecular Hbond substituents is 1. The van der Waals surface area contributed by atoms with Crippen LogP contribution in [0.2, 0.25) is 0 Å². The zero-order chi connectivity index (χ0) is 18.3. The van der Waals surface area contributed by atoms with E-state index in [0.717, 1.165) is 16.5 Å². The highest BCUT2D eigenvalue weighted by atomic mass is 32.1. The first-order valence-electron chi connectivity index (χ1n) is 8.06. The Labute approximate surface area is 154 Å². The lowest BCUT2D eigenvalue weighted by Crippen LogP contribution is -2.00. The minimum atomic E-state index is -0.111. The Bertz CT molecular complexity index is 1200. The van der Waals surface area contributed by atoms with Crippen LogP contribution in [-0.2, 0) is 0 Å². The van der Waals surface area contributed by atoms with Crippen molar-refractivity contribution in [3.63, 3.8) is 0 Å². The molecule has 0 amide bonds. The predicted octanol–water partition coefficient (Wildman–Crippen LogP) is 4.66. The van der Waals surface area contributed by atoms with Crippen molar-refractivity contribution >= 4 is 28.8 Å². The molecule has 0 atom stereocenters. The van der Waals surface area contributed by atoms with Crippen molar-refractivity contribution in [2.24, 2.45) is 0 Å². The van der Waals surface area contributed by atoms with Crippen LogP contribution >= 0.6 is 12.2 Å². The van der Waals surface area contributed by atoms with Crippen LogP contribution in [0, 0.1) is 4.77 Å². The normalized spacial score (nSPS) is 11.0. The monoisotopic (exact) mass is 361 g/mol. The Kier molecular flexibility index (Phi) is 3.89. The van der Waals surface area contributed by atoms with Gasteiger partial charge in [-0.05, 0) is 42.7 Å². The molecule has 2 N–H and O–H groups in total. The van der Waals surface area contributed by atoms with Crippen molar-refractivity contribution < 1.29 is 9.90 Å². The maximum atomic E-state index is 11.5. The standard InChI is InChI=1S/C20H15N3O2S/c1-12(24)14-9-10-16(18(25)11-14)19-21-22-20(26)23(19)17-8-4-6-13-5-2-3-7-15(13)17/h2-11,25H,1H3,(H,22,26). The van der Waals surface area contributed by atoms with E-state index in [-0.39, 0.29) is 11.5 Å². The molecule has 0 aliphatic heterocycles.